The second kappa shape index (κ2) is 9.80. The van der Waals surface area contributed by atoms with Gasteiger partial charge in [0.25, 0.3) is 0 Å². The Balaban J connectivity index is 0.000000188. The van der Waals surface area contributed by atoms with Crippen LogP contribution in [0.1, 0.15) is 38.7 Å². The summed E-state index contributed by atoms with van der Waals surface area (Å²) in [6.45, 7) is 6.83. The molecule has 3 rings (SSSR count). The van der Waals surface area contributed by atoms with E-state index in [2.05, 4.69) is 11.9 Å². The second-order valence-corrected chi connectivity index (χ2v) is 5.77. The molecule has 0 spiro atoms. The first-order chi connectivity index (χ1) is 10.2. The lowest BCUT2D eigenvalue weighted by Crippen LogP contribution is -2.32. The molecule has 3 heteroatoms. The second-order valence-electron chi connectivity index (χ2n) is 5.77. The molecule has 1 N–H and O–H groups in total. The summed E-state index contributed by atoms with van der Waals surface area (Å²) in [6.07, 6.45) is 4.55. The highest BCUT2D eigenvalue weighted by Gasteiger charge is 2.30. The fraction of sp³-hybridized carbons (Fsp3) is 0.667. The minimum absolute atomic E-state index is 0.0873. The minimum Gasteiger partial charge on any atom is -0.497 e. The number of ether oxygens (including phenoxy) is 1. The first-order valence-corrected chi connectivity index (χ1v) is 8.13. The molecule has 3 nitrogen and oxygen atoms in total. The molecule has 0 amide bonds. The number of hydrogen-bond acceptors (Lipinski definition) is 3. The van der Waals surface area contributed by atoms with Crippen LogP contribution in [0.5, 0.6) is 5.75 Å². The van der Waals surface area contributed by atoms with Crippen LogP contribution in [0, 0.1) is 11.8 Å². The van der Waals surface area contributed by atoms with Crippen LogP contribution < -0.4 is 4.74 Å². The summed E-state index contributed by atoms with van der Waals surface area (Å²) in [5.74, 6) is 2.94. The van der Waals surface area contributed by atoms with Gasteiger partial charge in [-0.2, -0.15) is 0 Å². The van der Waals surface area contributed by atoms with Crippen molar-refractivity contribution in [3.63, 3.8) is 0 Å². The van der Waals surface area contributed by atoms with E-state index in [1.54, 1.807) is 7.11 Å². The van der Waals surface area contributed by atoms with E-state index < -0.39 is 0 Å². The molecular weight excluding hydrogens is 262 g/mol. The number of aliphatic hydroxyl groups is 1. The van der Waals surface area contributed by atoms with Crippen molar-refractivity contribution < 1.29 is 9.84 Å². The van der Waals surface area contributed by atoms with E-state index in [1.165, 1.54) is 32.4 Å². The fourth-order valence-electron chi connectivity index (χ4n) is 3.20. The number of piperidine rings is 1. The van der Waals surface area contributed by atoms with E-state index in [9.17, 15) is 0 Å². The van der Waals surface area contributed by atoms with Gasteiger partial charge in [0.05, 0.1) is 13.7 Å². The quantitative estimate of drug-likeness (QED) is 0.905. The van der Waals surface area contributed by atoms with E-state index in [-0.39, 0.29) is 6.61 Å². The molecule has 1 aliphatic carbocycles. The van der Waals surface area contributed by atoms with Gasteiger partial charge in [0.2, 0.25) is 0 Å². The SMILES string of the molecule is CC.CN1CC2CC[C@@H](C2)C1.COc1ccc(CO)cc1. The summed E-state index contributed by atoms with van der Waals surface area (Å²) in [6, 6.07) is 7.31. The molecule has 1 aliphatic heterocycles. The van der Waals surface area contributed by atoms with Crippen molar-refractivity contribution in [1.82, 2.24) is 4.90 Å². The Kier molecular flexibility index (Phi) is 8.40. The van der Waals surface area contributed by atoms with Gasteiger partial charge in [-0.3, -0.25) is 0 Å². The third-order valence-electron chi connectivity index (χ3n) is 4.13. The average Bonchev–Trinajstić information content (AvgIpc) is 2.89. The van der Waals surface area contributed by atoms with Gasteiger partial charge in [-0.05, 0) is 55.8 Å². The zero-order valence-corrected chi connectivity index (χ0v) is 14.0. The highest BCUT2D eigenvalue weighted by Crippen LogP contribution is 2.35. The Bertz CT molecular complexity index is 342. The molecule has 1 saturated carbocycles. The third-order valence-corrected chi connectivity index (χ3v) is 4.13. The van der Waals surface area contributed by atoms with Gasteiger partial charge >= 0.3 is 0 Å². The van der Waals surface area contributed by atoms with E-state index >= 15 is 0 Å². The van der Waals surface area contributed by atoms with E-state index in [1.807, 2.05) is 38.1 Å². The van der Waals surface area contributed by atoms with Crippen LogP contribution in [0.25, 0.3) is 0 Å². The van der Waals surface area contributed by atoms with Crippen LogP contribution in [0.2, 0.25) is 0 Å². The molecule has 21 heavy (non-hydrogen) atoms. The lowest BCUT2D eigenvalue weighted by atomic mass is 10.00. The zero-order chi connectivity index (χ0) is 15.7. The van der Waals surface area contributed by atoms with Gasteiger partial charge in [-0.1, -0.05) is 26.0 Å². The van der Waals surface area contributed by atoms with Crippen LogP contribution >= 0.6 is 0 Å². The Labute approximate surface area is 129 Å². The monoisotopic (exact) mass is 293 g/mol. The highest BCUT2D eigenvalue weighted by molar-refractivity contribution is 5.26. The molecule has 1 unspecified atom stereocenters. The minimum atomic E-state index is 0.0873. The molecule has 0 radical (unpaired) electrons. The number of likely N-dealkylation sites (tertiary alicyclic amines) is 1. The van der Waals surface area contributed by atoms with Crippen LogP contribution in [0.3, 0.4) is 0 Å². The van der Waals surface area contributed by atoms with E-state index in [0.717, 1.165) is 23.1 Å². The van der Waals surface area contributed by atoms with Crippen molar-refractivity contribution in [3.05, 3.63) is 29.8 Å². The predicted octanol–water partition coefficient (Wildman–Crippen LogP) is 3.56. The Morgan fingerprint density at radius 3 is 2.05 bits per heavy atom. The Morgan fingerprint density at radius 1 is 1.10 bits per heavy atom. The molecule has 1 aromatic rings. The molecule has 2 aliphatic rings. The van der Waals surface area contributed by atoms with Crippen LogP contribution in [-0.2, 0) is 6.61 Å². The predicted molar refractivity (Wildman–Crippen MR) is 88.6 cm³/mol. The highest BCUT2D eigenvalue weighted by atomic mass is 16.5. The van der Waals surface area contributed by atoms with E-state index in [4.69, 9.17) is 9.84 Å². The lowest BCUT2D eigenvalue weighted by molar-refractivity contribution is 0.203. The molecule has 2 fully saturated rings. The molecule has 120 valence electrons. The summed E-state index contributed by atoms with van der Waals surface area (Å²) >= 11 is 0. The average molecular weight is 293 g/mol. The summed E-state index contributed by atoms with van der Waals surface area (Å²) < 4.78 is 4.93. The fourth-order valence-corrected chi connectivity index (χ4v) is 3.20. The first kappa shape index (κ1) is 18.0. The zero-order valence-electron chi connectivity index (χ0n) is 14.0. The van der Waals surface area contributed by atoms with Crippen LogP contribution in [-0.4, -0.2) is 37.3 Å². The molecule has 2 atom stereocenters. The lowest BCUT2D eigenvalue weighted by Gasteiger charge is -2.27. The van der Waals surface area contributed by atoms with Crippen molar-refractivity contribution in [3.8, 4) is 5.75 Å². The van der Waals surface area contributed by atoms with Gasteiger partial charge in [0, 0.05) is 13.1 Å². The largest absolute Gasteiger partial charge is 0.497 e. The number of rotatable bonds is 2. The van der Waals surface area contributed by atoms with Crippen molar-refractivity contribution in [2.24, 2.45) is 11.8 Å². The molecule has 1 saturated heterocycles. The van der Waals surface area contributed by atoms with Crippen molar-refractivity contribution in [2.75, 3.05) is 27.2 Å². The Morgan fingerprint density at radius 2 is 1.62 bits per heavy atom. The molecule has 1 heterocycles. The van der Waals surface area contributed by atoms with Crippen molar-refractivity contribution in [1.29, 1.82) is 0 Å². The number of hydrogen-bond donors (Lipinski definition) is 1. The summed E-state index contributed by atoms with van der Waals surface area (Å²) in [7, 11) is 3.87. The number of nitrogens with zero attached hydrogens (tertiary/aromatic N) is 1. The number of methoxy groups -OCH3 is 1. The number of aliphatic hydroxyl groups excluding tert-OH is 1. The molecule has 2 bridgehead atoms. The molecule has 1 aromatic carbocycles. The molecule has 0 aromatic heterocycles. The topological polar surface area (TPSA) is 32.7 Å². The van der Waals surface area contributed by atoms with E-state index in [0.29, 0.717) is 0 Å². The van der Waals surface area contributed by atoms with Crippen molar-refractivity contribution in [2.45, 2.75) is 39.7 Å². The standard InChI is InChI=1S/C8H15N.C8H10O2.C2H6/c1-9-5-7-2-3-8(4-7)6-9;1-10-8-4-2-7(6-9)3-5-8;1-2/h7-8H,2-6H2,1H3;2-5,9H,6H2,1H3;1-2H3/t7-,8?;;/m0../s1. The van der Waals surface area contributed by atoms with Gasteiger partial charge in [-0.25, -0.2) is 0 Å². The van der Waals surface area contributed by atoms with Gasteiger partial charge in [-0.15, -0.1) is 0 Å². The van der Waals surface area contributed by atoms with Crippen LogP contribution in [0.15, 0.2) is 24.3 Å². The van der Waals surface area contributed by atoms with Gasteiger partial charge in [0.15, 0.2) is 0 Å². The summed E-state index contributed by atoms with van der Waals surface area (Å²) in [4.78, 5) is 2.49. The maximum absolute atomic E-state index is 8.66. The van der Waals surface area contributed by atoms with Gasteiger partial charge in [0.1, 0.15) is 5.75 Å². The maximum Gasteiger partial charge on any atom is 0.118 e. The maximum atomic E-state index is 8.66. The summed E-state index contributed by atoms with van der Waals surface area (Å²) in [5.41, 5.74) is 0.904. The Hall–Kier alpha value is -1.06. The van der Waals surface area contributed by atoms with Crippen LogP contribution in [0.4, 0.5) is 0 Å². The first-order valence-electron chi connectivity index (χ1n) is 8.13. The number of fused-ring (bicyclic) bond motifs is 2. The summed E-state index contributed by atoms with van der Waals surface area (Å²) in [5, 5.41) is 8.66. The van der Waals surface area contributed by atoms with Crippen molar-refractivity contribution >= 4 is 0 Å². The third kappa shape index (κ3) is 6.06. The number of benzene rings is 1. The van der Waals surface area contributed by atoms with Gasteiger partial charge < -0.3 is 14.7 Å². The molecular formula is C18H31NO2. The smallest absolute Gasteiger partial charge is 0.118 e. The normalized spacial score (nSPS) is 23.5.